The van der Waals surface area contributed by atoms with Crippen LogP contribution < -0.4 is 20.1 Å². The lowest BCUT2D eigenvalue weighted by atomic mass is 9.86. The average Bonchev–Trinajstić information content (AvgIpc) is 2.83. The second-order valence-electron chi connectivity index (χ2n) is 8.12. The van der Waals surface area contributed by atoms with Gasteiger partial charge in [-0.15, -0.1) is 0 Å². The summed E-state index contributed by atoms with van der Waals surface area (Å²) in [4.78, 5) is 24.8. The van der Waals surface area contributed by atoms with E-state index >= 15 is 0 Å². The Morgan fingerprint density at radius 3 is 2.58 bits per heavy atom. The predicted octanol–water partition coefficient (Wildman–Crippen LogP) is 4.31. The maximum absolute atomic E-state index is 12.6. The number of carbonyl (C=O) groups excluding carboxylic acids is 2. The normalized spacial score (nSPS) is 18.0. The van der Waals surface area contributed by atoms with Crippen LogP contribution in [0, 0.1) is 17.2 Å². The highest BCUT2D eigenvalue weighted by Crippen LogP contribution is 2.29. The van der Waals surface area contributed by atoms with Gasteiger partial charge in [-0.2, -0.15) is 5.26 Å². The van der Waals surface area contributed by atoms with Crippen molar-refractivity contribution in [3.8, 4) is 17.6 Å². The number of methoxy groups -OCH3 is 1. The first-order valence-corrected chi connectivity index (χ1v) is 11.1. The molecular weight excluding hydrogens is 418 g/mol. The average molecular weight is 448 g/mol. The van der Waals surface area contributed by atoms with Crippen LogP contribution in [0.4, 0.5) is 5.69 Å². The summed E-state index contributed by atoms with van der Waals surface area (Å²) < 4.78 is 11.0. The summed E-state index contributed by atoms with van der Waals surface area (Å²) in [6.07, 6.45) is 5.80. The fraction of sp³-hybridized carbons (Fsp3) is 0.346. The molecule has 2 N–H and O–H groups in total. The van der Waals surface area contributed by atoms with Gasteiger partial charge in [-0.3, -0.25) is 9.59 Å². The van der Waals surface area contributed by atoms with Crippen LogP contribution in [0.1, 0.15) is 38.2 Å². The molecule has 33 heavy (non-hydrogen) atoms. The Balaban J connectivity index is 1.64. The topological polar surface area (TPSA) is 100 Å². The number of amides is 2. The summed E-state index contributed by atoms with van der Waals surface area (Å²) in [5.74, 6) is 0.519. The first-order valence-electron chi connectivity index (χ1n) is 11.1. The SMILES string of the molecule is COc1cc(/C=C(\C#N)C(=O)N[C@H]2CCCC[C@@H]2C)ccc1OCC(=O)Nc1ccccc1. The van der Waals surface area contributed by atoms with Crippen LogP contribution in [-0.4, -0.2) is 31.6 Å². The van der Waals surface area contributed by atoms with Crippen LogP contribution >= 0.6 is 0 Å². The van der Waals surface area contributed by atoms with Gasteiger partial charge in [0.25, 0.3) is 11.8 Å². The van der Waals surface area contributed by atoms with E-state index in [-0.39, 0.29) is 30.0 Å². The number of anilines is 1. The third kappa shape index (κ3) is 6.84. The molecule has 1 aliphatic rings. The zero-order valence-electron chi connectivity index (χ0n) is 19.0. The monoisotopic (exact) mass is 447 g/mol. The zero-order valence-corrected chi connectivity index (χ0v) is 19.0. The molecule has 0 unspecified atom stereocenters. The first kappa shape index (κ1) is 23.9. The van der Waals surface area contributed by atoms with Crippen molar-refractivity contribution in [1.82, 2.24) is 5.32 Å². The van der Waals surface area contributed by atoms with E-state index in [1.165, 1.54) is 19.6 Å². The molecule has 1 saturated carbocycles. The van der Waals surface area contributed by atoms with Crippen LogP contribution in [-0.2, 0) is 9.59 Å². The van der Waals surface area contributed by atoms with E-state index in [0.29, 0.717) is 28.7 Å². The maximum Gasteiger partial charge on any atom is 0.262 e. The molecule has 0 radical (unpaired) electrons. The second-order valence-corrected chi connectivity index (χ2v) is 8.12. The molecule has 0 heterocycles. The second kappa shape index (κ2) is 11.7. The molecule has 1 aliphatic carbocycles. The molecule has 3 rings (SSSR count). The lowest BCUT2D eigenvalue weighted by Crippen LogP contribution is -2.41. The van der Waals surface area contributed by atoms with Crippen LogP contribution in [0.5, 0.6) is 11.5 Å². The predicted molar refractivity (Wildman–Crippen MR) is 127 cm³/mol. The molecule has 1 fully saturated rings. The Morgan fingerprint density at radius 1 is 1.12 bits per heavy atom. The largest absolute Gasteiger partial charge is 0.493 e. The van der Waals surface area contributed by atoms with Crippen molar-refractivity contribution in [2.75, 3.05) is 19.0 Å². The Morgan fingerprint density at radius 2 is 1.88 bits per heavy atom. The minimum atomic E-state index is -0.367. The van der Waals surface area contributed by atoms with Crippen molar-refractivity contribution in [2.24, 2.45) is 5.92 Å². The van der Waals surface area contributed by atoms with Crippen molar-refractivity contribution in [2.45, 2.75) is 38.6 Å². The van der Waals surface area contributed by atoms with Crippen LogP contribution in [0.2, 0.25) is 0 Å². The van der Waals surface area contributed by atoms with Crippen LogP contribution in [0.25, 0.3) is 6.08 Å². The van der Waals surface area contributed by atoms with Gasteiger partial charge in [0.15, 0.2) is 18.1 Å². The molecular formula is C26H29N3O4. The molecule has 2 aromatic carbocycles. The maximum atomic E-state index is 12.6. The van der Waals surface area contributed by atoms with Gasteiger partial charge < -0.3 is 20.1 Å². The number of benzene rings is 2. The summed E-state index contributed by atoms with van der Waals surface area (Å²) >= 11 is 0. The number of nitriles is 1. The number of para-hydroxylation sites is 1. The molecule has 2 atom stereocenters. The highest BCUT2D eigenvalue weighted by Gasteiger charge is 2.24. The number of carbonyl (C=O) groups is 2. The minimum absolute atomic E-state index is 0.0331. The summed E-state index contributed by atoms with van der Waals surface area (Å²) in [5, 5.41) is 15.3. The fourth-order valence-electron chi connectivity index (χ4n) is 3.85. The molecule has 0 saturated heterocycles. The first-order chi connectivity index (χ1) is 16.0. The van der Waals surface area contributed by atoms with Crippen LogP contribution in [0.3, 0.4) is 0 Å². The highest BCUT2D eigenvalue weighted by molar-refractivity contribution is 6.02. The lowest BCUT2D eigenvalue weighted by molar-refractivity contribution is -0.119. The van der Waals surface area contributed by atoms with Crippen molar-refractivity contribution >= 4 is 23.6 Å². The van der Waals surface area contributed by atoms with E-state index < -0.39 is 0 Å². The molecule has 2 amide bonds. The smallest absolute Gasteiger partial charge is 0.262 e. The number of ether oxygens (including phenoxy) is 2. The van der Waals surface area contributed by atoms with Gasteiger partial charge in [0.1, 0.15) is 11.6 Å². The van der Waals surface area contributed by atoms with Gasteiger partial charge in [-0.25, -0.2) is 0 Å². The summed E-state index contributed by atoms with van der Waals surface area (Å²) in [5.41, 5.74) is 1.34. The van der Waals surface area contributed by atoms with Crippen molar-refractivity contribution in [3.63, 3.8) is 0 Å². The summed E-state index contributed by atoms with van der Waals surface area (Å²) in [6, 6.07) is 16.2. The van der Waals surface area contributed by atoms with E-state index in [4.69, 9.17) is 9.47 Å². The Labute approximate surface area is 194 Å². The van der Waals surface area contributed by atoms with Gasteiger partial charge in [0.05, 0.1) is 7.11 Å². The number of rotatable bonds is 8. The van der Waals surface area contributed by atoms with E-state index in [1.807, 2.05) is 24.3 Å². The number of hydrogen-bond donors (Lipinski definition) is 2. The number of nitrogens with zero attached hydrogens (tertiary/aromatic N) is 1. The Kier molecular flexibility index (Phi) is 8.48. The zero-order chi connectivity index (χ0) is 23.6. The number of hydrogen-bond acceptors (Lipinski definition) is 5. The summed E-state index contributed by atoms with van der Waals surface area (Å²) in [7, 11) is 1.49. The minimum Gasteiger partial charge on any atom is -0.493 e. The van der Waals surface area contributed by atoms with Crippen LogP contribution in [0.15, 0.2) is 54.1 Å². The van der Waals surface area contributed by atoms with Gasteiger partial charge in [-0.1, -0.05) is 44.0 Å². The quantitative estimate of drug-likeness (QED) is 0.464. The highest BCUT2D eigenvalue weighted by atomic mass is 16.5. The fourth-order valence-corrected chi connectivity index (χ4v) is 3.85. The van der Waals surface area contributed by atoms with Crippen molar-refractivity contribution in [1.29, 1.82) is 5.26 Å². The van der Waals surface area contributed by atoms with E-state index in [9.17, 15) is 14.9 Å². The molecule has 0 aliphatic heterocycles. The molecule has 7 heteroatoms. The van der Waals surface area contributed by atoms with E-state index in [1.54, 1.807) is 30.3 Å². The van der Waals surface area contributed by atoms with Crippen molar-refractivity contribution < 1.29 is 19.1 Å². The number of nitrogens with one attached hydrogen (secondary N) is 2. The molecule has 0 bridgehead atoms. The third-order valence-corrected chi connectivity index (χ3v) is 5.71. The lowest BCUT2D eigenvalue weighted by Gasteiger charge is -2.29. The Hall–Kier alpha value is -3.79. The molecule has 172 valence electrons. The van der Waals surface area contributed by atoms with Gasteiger partial charge in [0, 0.05) is 11.7 Å². The third-order valence-electron chi connectivity index (χ3n) is 5.71. The van der Waals surface area contributed by atoms with Gasteiger partial charge in [-0.05, 0) is 54.7 Å². The molecule has 7 nitrogen and oxygen atoms in total. The van der Waals surface area contributed by atoms with E-state index in [0.717, 1.165) is 19.3 Å². The molecule has 0 spiro atoms. The summed E-state index contributed by atoms with van der Waals surface area (Å²) in [6.45, 7) is 1.94. The molecule has 2 aromatic rings. The Bertz CT molecular complexity index is 1040. The van der Waals surface area contributed by atoms with Crippen molar-refractivity contribution in [3.05, 3.63) is 59.7 Å². The van der Waals surface area contributed by atoms with Gasteiger partial charge in [0.2, 0.25) is 0 Å². The standard InChI is InChI=1S/C26H29N3O4/c1-18-8-6-7-11-22(18)29-26(31)20(16-27)14-19-12-13-23(24(15-19)32-2)33-17-25(30)28-21-9-4-3-5-10-21/h3-5,9-10,12-15,18,22H,6-8,11,17H2,1-2H3,(H,28,30)(H,29,31)/b20-14+/t18-,22-/m0/s1. The van der Waals surface area contributed by atoms with E-state index in [2.05, 4.69) is 17.6 Å². The molecule has 0 aromatic heterocycles. The van der Waals surface area contributed by atoms with Gasteiger partial charge >= 0.3 is 0 Å².